The van der Waals surface area contributed by atoms with Crippen LogP contribution in [-0.2, 0) is 29.0 Å². The molecule has 1 amide bonds. The highest BCUT2D eigenvalue weighted by atomic mass is 16.6. The molecule has 40 heavy (non-hydrogen) atoms. The number of nitrogens with zero attached hydrogens (tertiary/aromatic N) is 2. The first-order valence-corrected chi connectivity index (χ1v) is 13.4. The van der Waals surface area contributed by atoms with Crippen molar-refractivity contribution in [1.29, 1.82) is 0 Å². The second-order valence-electron chi connectivity index (χ2n) is 9.78. The van der Waals surface area contributed by atoms with Crippen molar-refractivity contribution in [3.05, 3.63) is 89.5 Å². The predicted molar refractivity (Wildman–Crippen MR) is 158 cm³/mol. The molecule has 3 aromatic carbocycles. The van der Waals surface area contributed by atoms with E-state index in [1.807, 2.05) is 105 Å². The molecule has 0 fully saturated rings. The van der Waals surface area contributed by atoms with Gasteiger partial charge in [-0.3, -0.25) is 10.4 Å². The fourth-order valence-corrected chi connectivity index (χ4v) is 3.86. The molecule has 0 aliphatic carbocycles. The minimum atomic E-state index is -0.480. The molecule has 0 saturated heterocycles. The normalized spacial score (nSPS) is 11.7. The summed E-state index contributed by atoms with van der Waals surface area (Å²) in [4.78, 5) is 14.2. The Morgan fingerprint density at radius 3 is 2.23 bits per heavy atom. The molecule has 1 unspecified atom stereocenters. The molecular formula is C31H42N4O5. The lowest BCUT2D eigenvalue weighted by Gasteiger charge is -2.20. The zero-order chi connectivity index (χ0) is 28.7. The van der Waals surface area contributed by atoms with Gasteiger partial charge in [0.15, 0.2) is 0 Å². The molecule has 0 saturated carbocycles. The first-order chi connectivity index (χ1) is 19.3. The van der Waals surface area contributed by atoms with E-state index in [-0.39, 0.29) is 19.3 Å². The minimum absolute atomic E-state index is 0.135. The summed E-state index contributed by atoms with van der Waals surface area (Å²) in [5, 5.41) is 4.69. The lowest BCUT2D eigenvalue weighted by molar-refractivity contribution is -0.000927. The average Bonchev–Trinajstić information content (AvgIpc) is 2.96. The van der Waals surface area contributed by atoms with Gasteiger partial charge in [0.05, 0.1) is 19.8 Å². The summed E-state index contributed by atoms with van der Waals surface area (Å²) in [6, 6.07) is 23.8. The number of hydrazine groups is 1. The summed E-state index contributed by atoms with van der Waals surface area (Å²) >= 11 is 0. The van der Waals surface area contributed by atoms with E-state index in [1.165, 1.54) is 0 Å². The topological polar surface area (TPSA) is 84.5 Å². The van der Waals surface area contributed by atoms with E-state index in [0.29, 0.717) is 26.1 Å². The maximum atomic E-state index is 12.2. The van der Waals surface area contributed by atoms with Crippen molar-refractivity contribution in [1.82, 2.24) is 15.8 Å². The van der Waals surface area contributed by atoms with Gasteiger partial charge in [0.2, 0.25) is 0 Å². The van der Waals surface area contributed by atoms with E-state index in [2.05, 4.69) is 16.8 Å². The molecule has 0 aliphatic heterocycles. The number of ether oxygens (including phenoxy) is 4. The molecule has 0 heterocycles. The molecule has 0 aliphatic rings. The second kappa shape index (κ2) is 16.3. The van der Waals surface area contributed by atoms with Gasteiger partial charge in [-0.2, -0.15) is 0 Å². The SMILES string of the molecule is COc1ccc(CC(COc2cccc(CNN(C)C)c2)OCCOC(=O)NCc2ccc(N(C)C)cc2)cc1. The Hall–Kier alpha value is -3.79. The zero-order valence-corrected chi connectivity index (χ0v) is 24.2. The van der Waals surface area contributed by atoms with Crippen LogP contribution in [-0.4, -0.2) is 72.3 Å². The van der Waals surface area contributed by atoms with Crippen molar-refractivity contribution in [2.45, 2.75) is 25.6 Å². The number of methoxy groups -OCH3 is 1. The molecule has 2 N–H and O–H groups in total. The molecule has 0 aromatic heterocycles. The van der Waals surface area contributed by atoms with Crippen molar-refractivity contribution >= 4 is 11.8 Å². The fourth-order valence-electron chi connectivity index (χ4n) is 3.86. The lowest BCUT2D eigenvalue weighted by atomic mass is 10.1. The van der Waals surface area contributed by atoms with Gasteiger partial charge in [0.1, 0.15) is 24.7 Å². The van der Waals surface area contributed by atoms with Crippen LogP contribution in [0, 0.1) is 0 Å². The summed E-state index contributed by atoms with van der Waals surface area (Å²) < 4.78 is 22.8. The first kappa shape index (κ1) is 30.7. The van der Waals surface area contributed by atoms with Gasteiger partial charge in [0, 0.05) is 53.4 Å². The average molecular weight is 551 g/mol. The van der Waals surface area contributed by atoms with Crippen LogP contribution in [0.2, 0.25) is 0 Å². The second-order valence-corrected chi connectivity index (χ2v) is 9.78. The number of rotatable bonds is 16. The number of alkyl carbamates (subject to hydrolysis) is 1. The Balaban J connectivity index is 1.48. The summed E-state index contributed by atoms with van der Waals surface area (Å²) in [6.07, 6.45) is -0.0775. The number of amides is 1. The van der Waals surface area contributed by atoms with Crippen LogP contribution in [0.15, 0.2) is 72.8 Å². The van der Waals surface area contributed by atoms with Crippen LogP contribution < -0.4 is 25.1 Å². The highest BCUT2D eigenvalue weighted by Crippen LogP contribution is 2.17. The number of anilines is 1. The summed E-state index contributed by atoms with van der Waals surface area (Å²) in [5.41, 5.74) is 7.57. The number of hydrogen-bond donors (Lipinski definition) is 2. The summed E-state index contributed by atoms with van der Waals surface area (Å²) in [7, 11) is 9.54. The third-order valence-corrected chi connectivity index (χ3v) is 6.12. The van der Waals surface area contributed by atoms with E-state index in [0.717, 1.165) is 33.9 Å². The smallest absolute Gasteiger partial charge is 0.407 e. The summed E-state index contributed by atoms with van der Waals surface area (Å²) in [5.74, 6) is 1.57. The minimum Gasteiger partial charge on any atom is -0.497 e. The van der Waals surface area contributed by atoms with Crippen molar-refractivity contribution in [3.8, 4) is 11.5 Å². The highest BCUT2D eigenvalue weighted by Gasteiger charge is 2.13. The molecule has 0 radical (unpaired) electrons. The van der Waals surface area contributed by atoms with Crippen LogP contribution in [0.4, 0.5) is 10.5 Å². The molecular weight excluding hydrogens is 508 g/mol. The van der Waals surface area contributed by atoms with E-state index < -0.39 is 6.09 Å². The molecule has 216 valence electrons. The van der Waals surface area contributed by atoms with E-state index in [1.54, 1.807) is 7.11 Å². The maximum Gasteiger partial charge on any atom is 0.407 e. The van der Waals surface area contributed by atoms with Crippen LogP contribution in [0.5, 0.6) is 11.5 Å². The van der Waals surface area contributed by atoms with Gasteiger partial charge in [-0.15, -0.1) is 0 Å². The molecule has 3 rings (SSSR count). The number of carbonyl (C=O) groups is 1. The van der Waals surface area contributed by atoms with Crippen LogP contribution >= 0.6 is 0 Å². The van der Waals surface area contributed by atoms with E-state index in [4.69, 9.17) is 18.9 Å². The predicted octanol–water partition coefficient (Wildman–Crippen LogP) is 4.26. The van der Waals surface area contributed by atoms with Gasteiger partial charge in [-0.05, 0) is 53.1 Å². The van der Waals surface area contributed by atoms with Gasteiger partial charge < -0.3 is 29.2 Å². The monoisotopic (exact) mass is 550 g/mol. The van der Waals surface area contributed by atoms with E-state index >= 15 is 0 Å². The molecule has 3 aromatic rings. The fraction of sp³-hybridized carbons (Fsp3) is 0.387. The lowest BCUT2D eigenvalue weighted by Crippen LogP contribution is -2.29. The first-order valence-electron chi connectivity index (χ1n) is 13.4. The number of benzene rings is 3. The van der Waals surface area contributed by atoms with Gasteiger partial charge in [-0.1, -0.05) is 36.4 Å². The Morgan fingerprint density at radius 2 is 1.55 bits per heavy atom. The van der Waals surface area contributed by atoms with Crippen LogP contribution in [0.25, 0.3) is 0 Å². The number of nitrogens with one attached hydrogen (secondary N) is 2. The highest BCUT2D eigenvalue weighted by molar-refractivity contribution is 5.67. The van der Waals surface area contributed by atoms with E-state index in [9.17, 15) is 4.79 Å². The van der Waals surface area contributed by atoms with Gasteiger partial charge >= 0.3 is 6.09 Å². The van der Waals surface area contributed by atoms with Crippen molar-refractivity contribution in [2.24, 2.45) is 0 Å². The van der Waals surface area contributed by atoms with Gasteiger partial charge in [-0.25, -0.2) is 4.79 Å². The van der Waals surface area contributed by atoms with Crippen LogP contribution in [0.3, 0.4) is 0 Å². The Bertz CT molecular complexity index is 1150. The Morgan fingerprint density at radius 1 is 0.825 bits per heavy atom. The maximum absolute atomic E-state index is 12.2. The van der Waals surface area contributed by atoms with Crippen molar-refractivity contribution in [2.75, 3.05) is 60.0 Å². The summed E-state index contributed by atoms with van der Waals surface area (Å²) in [6.45, 7) is 1.84. The van der Waals surface area contributed by atoms with Gasteiger partial charge in [0.25, 0.3) is 0 Å². The molecule has 0 bridgehead atoms. The standard InChI is InChI=1S/C31H42N4O5/c1-34(2)27-13-9-25(10-14-27)21-32-31(36)39-18-17-38-30(19-24-11-15-28(37-5)16-12-24)23-40-29-8-6-7-26(20-29)22-33-35(3)4/h6-16,20,30,33H,17-19,21-23H2,1-5H3,(H,32,36). The Labute approximate surface area is 237 Å². The molecule has 1 atom stereocenters. The molecule has 0 spiro atoms. The third-order valence-electron chi connectivity index (χ3n) is 6.12. The molecule has 9 heteroatoms. The number of hydrogen-bond acceptors (Lipinski definition) is 8. The van der Waals surface area contributed by atoms with Crippen LogP contribution in [0.1, 0.15) is 16.7 Å². The zero-order valence-electron chi connectivity index (χ0n) is 24.2. The molecule has 9 nitrogen and oxygen atoms in total. The van der Waals surface area contributed by atoms with Crippen molar-refractivity contribution < 1.29 is 23.7 Å². The van der Waals surface area contributed by atoms with Crippen molar-refractivity contribution in [3.63, 3.8) is 0 Å². The quantitative estimate of drug-likeness (QED) is 0.202. The Kier molecular flexibility index (Phi) is 12.6. The number of carbonyl (C=O) groups excluding carboxylic acids is 1. The largest absolute Gasteiger partial charge is 0.497 e. The third kappa shape index (κ3) is 11.1.